The first kappa shape index (κ1) is 15.7. The topological polar surface area (TPSA) is 101 Å². The fourth-order valence-electron chi connectivity index (χ4n) is 2.10. The van der Waals surface area contributed by atoms with Gasteiger partial charge in [-0.2, -0.15) is 0 Å². The third-order valence-electron chi connectivity index (χ3n) is 3.20. The molecule has 0 bridgehead atoms. The molecule has 0 saturated carbocycles. The second kappa shape index (κ2) is 6.51. The first-order valence-corrected chi connectivity index (χ1v) is 7.24. The number of benzene rings is 2. The van der Waals surface area contributed by atoms with Crippen LogP contribution in [0.1, 0.15) is 0 Å². The van der Waals surface area contributed by atoms with Crippen LogP contribution in [0, 0.1) is 10.1 Å². The second-order valence-electron chi connectivity index (χ2n) is 4.86. The molecule has 0 aliphatic heterocycles. The van der Waals surface area contributed by atoms with Gasteiger partial charge >= 0.3 is 5.69 Å². The minimum atomic E-state index is -0.648. The van der Waals surface area contributed by atoms with Crippen LogP contribution in [0.15, 0.2) is 54.7 Å². The van der Waals surface area contributed by atoms with Crippen molar-refractivity contribution < 1.29 is 10.0 Å². The van der Waals surface area contributed by atoms with Crippen molar-refractivity contribution in [2.45, 2.75) is 0 Å². The fourth-order valence-corrected chi connectivity index (χ4v) is 2.29. The Morgan fingerprint density at radius 2 is 2.00 bits per heavy atom. The Hall–Kier alpha value is -3.19. The summed E-state index contributed by atoms with van der Waals surface area (Å²) in [6, 6.07) is 12.8. The number of anilines is 2. The molecule has 3 rings (SSSR count). The maximum absolute atomic E-state index is 10.9. The van der Waals surface area contributed by atoms with Crippen LogP contribution in [-0.2, 0) is 0 Å². The van der Waals surface area contributed by atoms with E-state index >= 15 is 0 Å². The standard InChI is InChI=1S/C16H11ClN4O3/c17-11-2-1-3-12(9-11)19-16-18-7-6-13(20-16)10-4-5-15(22)14(8-10)21(23)24/h1-9,22H,(H,18,19,20). The van der Waals surface area contributed by atoms with E-state index in [1.807, 2.05) is 6.07 Å². The number of halogens is 1. The lowest BCUT2D eigenvalue weighted by Crippen LogP contribution is -1.98. The summed E-state index contributed by atoms with van der Waals surface area (Å²) in [5, 5.41) is 24.0. The Balaban J connectivity index is 1.93. The average molecular weight is 343 g/mol. The van der Waals surface area contributed by atoms with Crippen molar-refractivity contribution in [1.29, 1.82) is 0 Å². The molecule has 8 heteroatoms. The van der Waals surface area contributed by atoms with Crippen molar-refractivity contribution in [2.24, 2.45) is 0 Å². The van der Waals surface area contributed by atoms with Crippen LogP contribution < -0.4 is 5.32 Å². The molecule has 0 spiro atoms. The quantitative estimate of drug-likeness (QED) is 0.545. The van der Waals surface area contributed by atoms with Gasteiger partial charge in [0.1, 0.15) is 0 Å². The molecule has 0 atom stereocenters. The minimum absolute atomic E-state index is 0.325. The van der Waals surface area contributed by atoms with Crippen molar-refractivity contribution in [2.75, 3.05) is 5.32 Å². The highest BCUT2D eigenvalue weighted by Crippen LogP contribution is 2.30. The van der Waals surface area contributed by atoms with E-state index in [0.717, 1.165) is 5.69 Å². The Morgan fingerprint density at radius 1 is 1.17 bits per heavy atom. The summed E-state index contributed by atoms with van der Waals surface area (Å²) < 4.78 is 0. The van der Waals surface area contributed by atoms with E-state index in [-0.39, 0.29) is 5.69 Å². The van der Waals surface area contributed by atoms with Gasteiger partial charge in [0.15, 0.2) is 5.75 Å². The second-order valence-corrected chi connectivity index (χ2v) is 5.30. The average Bonchev–Trinajstić information content (AvgIpc) is 2.55. The molecule has 0 unspecified atom stereocenters. The lowest BCUT2D eigenvalue weighted by molar-refractivity contribution is -0.385. The SMILES string of the molecule is O=[N+]([O-])c1cc(-c2ccnc(Nc3cccc(Cl)c3)n2)ccc1O. The number of nitrogens with zero attached hydrogens (tertiary/aromatic N) is 3. The molecule has 2 N–H and O–H groups in total. The predicted molar refractivity (Wildman–Crippen MR) is 90.5 cm³/mol. The number of hydrogen-bond donors (Lipinski definition) is 2. The van der Waals surface area contributed by atoms with Gasteiger partial charge in [-0.05, 0) is 36.4 Å². The van der Waals surface area contributed by atoms with Gasteiger partial charge in [-0.25, -0.2) is 9.97 Å². The van der Waals surface area contributed by atoms with Gasteiger partial charge in [-0.1, -0.05) is 17.7 Å². The lowest BCUT2D eigenvalue weighted by atomic mass is 10.1. The number of hydrogen-bond acceptors (Lipinski definition) is 6. The van der Waals surface area contributed by atoms with Crippen LogP contribution in [0.25, 0.3) is 11.3 Å². The summed E-state index contributed by atoms with van der Waals surface area (Å²) in [6.45, 7) is 0. The van der Waals surface area contributed by atoms with Crippen LogP contribution in [-0.4, -0.2) is 20.0 Å². The number of phenolic OH excluding ortho intramolecular Hbond substituents is 1. The summed E-state index contributed by atoms with van der Waals surface area (Å²) in [5.74, 6) is -0.0689. The molecule has 1 heterocycles. The molecule has 0 amide bonds. The molecule has 0 aliphatic rings. The molecular formula is C16H11ClN4O3. The van der Waals surface area contributed by atoms with Gasteiger partial charge in [0.05, 0.1) is 10.6 Å². The van der Waals surface area contributed by atoms with Crippen LogP contribution in [0.5, 0.6) is 5.75 Å². The monoisotopic (exact) mass is 342 g/mol. The smallest absolute Gasteiger partial charge is 0.311 e. The molecular weight excluding hydrogens is 332 g/mol. The van der Waals surface area contributed by atoms with Crippen molar-refractivity contribution in [3.63, 3.8) is 0 Å². The van der Waals surface area contributed by atoms with E-state index in [4.69, 9.17) is 11.6 Å². The summed E-state index contributed by atoms with van der Waals surface area (Å²) in [7, 11) is 0. The molecule has 0 fully saturated rings. The first-order valence-electron chi connectivity index (χ1n) is 6.86. The number of phenols is 1. The van der Waals surface area contributed by atoms with Gasteiger partial charge < -0.3 is 10.4 Å². The van der Waals surface area contributed by atoms with E-state index < -0.39 is 10.7 Å². The summed E-state index contributed by atoms with van der Waals surface area (Å²) in [5.41, 5.74) is 1.32. The van der Waals surface area contributed by atoms with Crippen LogP contribution in [0.2, 0.25) is 5.02 Å². The van der Waals surface area contributed by atoms with E-state index in [1.54, 1.807) is 30.3 Å². The summed E-state index contributed by atoms with van der Waals surface area (Å²) >= 11 is 5.93. The molecule has 120 valence electrons. The van der Waals surface area contributed by atoms with Crippen molar-refractivity contribution >= 4 is 28.9 Å². The largest absolute Gasteiger partial charge is 0.502 e. The molecule has 1 aromatic heterocycles. The highest BCUT2D eigenvalue weighted by molar-refractivity contribution is 6.30. The summed E-state index contributed by atoms with van der Waals surface area (Å²) in [6.07, 6.45) is 1.54. The molecule has 2 aromatic carbocycles. The maximum atomic E-state index is 10.9. The van der Waals surface area contributed by atoms with Gasteiger partial charge in [-0.3, -0.25) is 10.1 Å². The van der Waals surface area contributed by atoms with Crippen LogP contribution in [0.4, 0.5) is 17.3 Å². The number of nitro benzene ring substituents is 1. The van der Waals surface area contributed by atoms with Crippen molar-refractivity contribution in [1.82, 2.24) is 9.97 Å². The van der Waals surface area contributed by atoms with E-state index in [2.05, 4.69) is 15.3 Å². The van der Waals surface area contributed by atoms with Crippen LogP contribution in [0.3, 0.4) is 0 Å². The zero-order chi connectivity index (χ0) is 17.1. The number of nitro groups is 1. The van der Waals surface area contributed by atoms with Crippen molar-refractivity contribution in [3.8, 4) is 17.0 Å². The number of nitrogens with one attached hydrogen (secondary N) is 1. The number of aromatic hydroxyl groups is 1. The highest BCUT2D eigenvalue weighted by atomic mass is 35.5. The Morgan fingerprint density at radius 3 is 2.75 bits per heavy atom. The van der Waals surface area contributed by atoms with Gasteiger partial charge in [-0.15, -0.1) is 0 Å². The molecule has 3 aromatic rings. The normalized spacial score (nSPS) is 10.4. The first-order chi connectivity index (χ1) is 11.5. The zero-order valence-corrected chi connectivity index (χ0v) is 12.9. The summed E-state index contributed by atoms with van der Waals surface area (Å²) in [4.78, 5) is 18.7. The molecule has 0 radical (unpaired) electrons. The number of aromatic nitrogens is 2. The van der Waals surface area contributed by atoms with Crippen LogP contribution >= 0.6 is 11.6 Å². The van der Waals surface area contributed by atoms with E-state index in [1.165, 1.54) is 18.3 Å². The lowest BCUT2D eigenvalue weighted by Gasteiger charge is -2.07. The predicted octanol–water partition coefficient (Wildman–Crippen LogP) is 4.15. The van der Waals surface area contributed by atoms with Gasteiger partial charge in [0.2, 0.25) is 5.95 Å². The molecule has 0 aliphatic carbocycles. The third kappa shape index (κ3) is 3.41. The van der Waals surface area contributed by atoms with Gasteiger partial charge in [0, 0.05) is 28.5 Å². The molecule has 24 heavy (non-hydrogen) atoms. The van der Waals surface area contributed by atoms with E-state index in [9.17, 15) is 15.2 Å². The fraction of sp³-hybridized carbons (Fsp3) is 0. The Kier molecular flexibility index (Phi) is 4.26. The molecule has 0 saturated heterocycles. The van der Waals surface area contributed by atoms with E-state index in [0.29, 0.717) is 22.2 Å². The maximum Gasteiger partial charge on any atom is 0.311 e. The minimum Gasteiger partial charge on any atom is -0.502 e. The Bertz CT molecular complexity index is 917. The molecule has 7 nitrogen and oxygen atoms in total. The number of rotatable bonds is 4. The highest BCUT2D eigenvalue weighted by Gasteiger charge is 2.15. The van der Waals surface area contributed by atoms with Crippen molar-refractivity contribution in [3.05, 3.63) is 69.9 Å². The van der Waals surface area contributed by atoms with Gasteiger partial charge in [0.25, 0.3) is 0 Å². The zero-order valence-electron chi connectivity index (χ0n) is 12.2. The third-order valence-corrected chi connectivity index (χ3v) is 3.44. The Labute approximate surface area is 141 Å².